The molecular weight excluding hydrogens is 162 g/mol. The molecule has 1 heterocycles. The quantitative estimate of drug-likeness (QED) is 0.599. The third kappa shape index (κ3) is 1.62. The maximum Gasteiger partial charge on any atom is 0.0600 e. The van der Waals surface area contributed by atoms with Crippen molar-refractivity contribution in [3.8, 4) is 0 Å². The molecular formula is C11H21NO. The van der Waals surface area contributed by atoms with Crippen LogP contribution >= 0.6 is 0 Å². The Balaban J connectivity index is 2.15. The molecule has 1 aliphatic carbocycles. The molecule has 0 amide bonds. The predicted molar refractivity (Wildman–Crippen MR) is 53.6 cm³/mol. The molecule has 2 fully saturated rings. The fourth-order valence-corrected chi connectivity index (χ4v) is 3.30. The van der Waals surface area contributed by atoms with Crippen molar-refractivity contribution in [2.24, 2.45) is 5.92 Å². The molecule has 13 heavy (non-hydrogen) atoms. The van der Waals surface area contributed by atoms with Crippen molar-refractivity contribution < 1.29 is 5.11 Å². The Bertz CT molecular complexity index is 195. The topological polar surface area (TPSA) is 32.3 Å². The molecule has 1 saturated carbocycles. The Morgan fingerprint density at radius 1 is 1.38 bits per heavy atom. The molecule has 4 atom stereocenters. The number of aliphatic hydroxyl groups excluding tert-OH is 1. The van der Waals surface area contributed by atoms with Crippen LogP contribution in [0, 0.1) is 5.92 Å². The lowest BCUT2D eigenvalue weighted by Gasteiger charge is -2.50. The molecule has 0 radical (unpaired) electrons. The second-order valence-corrected chi connectivity index (χ2v) is 5.12. The fourth-order valence-electron chi connectivity index (χ4n) is 3.30. The first-order chi connectivity index (χ1) is 6.12. The molecule has 0 unspecified atom stereocenters. The molecule has 2 rings (SSSR count). The van der Waals surface area contributed by atoms with Gasteiger partial charge >= 0.3 is 0 Å². The van der Waals surface area contributed by atoms with Gasteiger partial charge in [-0.05, 0) is 33.1 Å². The molecule has 1 saturated heterocycles. The van der Waals surface area contributed by atoms with E-state index in [-0.39, 0.29) is 11.6 Å². The summed E-state index contributed by atoms with van der Waals surface area (Å²) in [5.41, 5.74) is 0.218. The molecule has 0 aromatic carbocycles. The van der Waals surface area contributed by atoms with Gasteiger partial charge in [-0.25, -0.2) is 0 Å². The zero-order valence-electron chi connectivity index (χ0n) is 8.71. The van der Waals surface area contributed by atoms with E-state index in [1.807, 2.05) is 0 Å². The Kier molecular flexibility index (Phi) is 2.37. The number of aliphatic hydroxyl groups is 1. The Hall–Kier alpha value is -0.0800. The zero-order chi connectivity index (χ0) is 9.47. The van der Waals surface area contributed by atoms with E-state index in [4.69, 9.17) is 0 Å². The number of piperidine rings is 1. The van der Waals surface area contributed by atoms with Gasteiger partial charge in [0.05, 0.1) is 6.10 Å². The number of nitrogens with one attached hydrogen (secondary N) is 1. The maximum absolute atomic E-state index is 10.00. The van der Waals surface area contributed by atoms with Crippen LogP contribution < -0.4 is 5.32 Å². The average Bonchev–Trinajstić information content (AvgIpc) is 2.01. The van der Waals surface area contributed by atoms with E-state index in [9.17, 15) is 5.11 Å². The molecule has 2 aliphatic rings. The van der Waals surface area contributed by atoms with E-state index in [1.54, 1.807) is 0 Å². The molecule has 2 heteroatoms. The van der Waals surface area contributed by atoms with Crippen LogP contribution in [0.3, 0.4) is 0 Å². The number of hydrogen-bond acceptors (Lipinski definition) is 2. The standard InChI is InChI=1S/C11H21NO/c1-8-7-10(13)9-5-3-4-6-11(9,2)12-8/h8-10,12-13H,3-7H2,1-2H3/t8-,9-,10+,11+/m1/s1. The van der Waals surface area contributed by atoms with E-state index < -0.39 is 0 Å². The summed E-state index contributed by atoms with van der Waals surface area (Å²) in [6.07, 6.45) is 5.92. The van der Waals surface area contributed by atoms with Crippen molar-refractivity contribution >= 4 is 0 Å². The highest BCUT2D eigenvalue weighted by Crippen LogP contribution is 2.40. The summed E-state index contributed by atoms with van der Waals surface area (Å²) in [6.45, 7) is 4.47. The second kappa shape index (κ2) is 3.25. The highest BCUT2D eigenvalue weighted by Gasteiger charge is 2.44. The van der Waals surface area contributed by atoms with Gasteiger partial charge in [-0.1, -0.05) is 12.8 Å². The normalized spacial score (nSPS) is 51.5. The lowest BCUT2D eigenvalue weighted by Crippen LogP contribution is -2.62. The molecule has 0 aromatic rings. The lowest BCUT2D eigenvalue weighted by molar-refractivity contribution is -0.0253. The largest absolute Gasteiger partial charge is 0.393 e. The van der Waals surface area contributed by atoms with E-state index in [0.29, 0.717) is 12.0 Å². The number of fused-ring (bicyclic) bond motifs is 1. The minimum Gasteiger partial charge on any atom is -0.393 e. The molecule has 76 valence electrons. The zero-order valence-corrected chi connectivity index (χ0v) is 8.71. The fraction of sp³-hybridized carbons (Fsp3) is 1.00. The van der Waals surface area contributed by atoms with E-state index in [1.165, 1.54) is 25.7 Å². The van der Waals surface area contributed by atoms with Gasteiger partial charge in [0.15, 0.2) is 0 Å². The molecule has 2 N–H and O–H groups in total. The first-order valence-corrected chi connectivity index (χ1v) is 5.57. The Morgan fingerprint density at radius 3 is 2.92 bits per heavy atom. The van der Waals surface area contributed by atoms with Gasteiger partial charge in [-0.15, -0.1) is 0 Å². The van der Waals surface area contributed by atoms with Gasteiger partial charge in [0.2, 0.25) is 0 Å². The van der Waals surface area contributed by atoms with Crippen molar-refractivity contribution in [3.05, 3.63) is 0 Å². The van der Waals surface area contributed by atoms with Crippen molar-refractivity contribution in [3.63, 3.8) is 0 Å². The summed E-state index contributed by atoms with van der Waals surface area (Å²) in [5, 5.41) is 13.7. The van der Waals surface area contributed by atoms with E-state index in [0.717, 1.165) is 6.42 Å². The van der Waals surface area contributed by atoms with Gasteiger partial charge < -0.3 is 10.4 Å². The van der Waals surface area contributed by atoms with Crippen molar-refractivity contribution in [1.82, 2.24) is 5.32 Å². The minimum atomic E-state index is -0.0680. The summed E-state index contributed by atoms with van der Waals surface area (Å²) >= 11 is 0. The van der Waals surface area contributed by atoms with Crippen molar-refractivity contribution in [2.75, 3.05) is 0 Å². The van der Waals surface area contributed by atoms with Crippen molar-refractivity contribution in [2.45, 2.75) is 63.6 Å². The number of hydrogen-bond donors (Lipinski definition) is 2. The SMILES string of the molecule is C[C@@H]1C[C@H](O)[C@H]2CCCC[C@]2(C)N1. The third-order valence-electron chi connectivity index (χ3n) is 3.92. The third-order valence-corrected chi connectivity index (χ3v) is 3.92. The van der Waals surface area contributed by atoms with E-state index in [2.05, 4.69) is 19.2 Å². The Labute approximate surface area is 80.7 Å². The van der Waals surface area contributed by atoms with Crippen LogP contribution in [0.5, 0.6) is 0 Å². The summed E-state index contributed by atoms with van der Waals surface area (Å²) in [4.78, 5) is 0. The minimum absolute atomic E-state index is 0.0680. The monoisotopic (exact) mass is 183 g/mol. The summed E-state index contributed by atoms with van der Waals surface area (Å²) in [5.74, 6) is 0.498. The van der Waals surface area contributed by atoms with Gasteiger partial charge in [0.1, 0.15) is 0 Å². The Morgan fingerprint density at radius 2 is 2.15 bits per heavy atom. The van der Waals surface area contributed by atoms with Gasteiger partial charge in [-0.3, -0.25) is 0 Å². The van der Waals surface area contributed by atoms with Gasteiger partial charge in [0.25, 0.3) is 0 Å². The van der Waals surface area contributed by atoms with Crippen LogP contribution in [0.2, 0.25) is 0 Å². The molecule has 0 aromatic heterocycles. The molecule has 0 spiro atoms. The van der Waals surface area contributed by atoms with Crippen LogP contribution in [0.4, 0.5) is 0 Å². The van der Waals surface area contributed by atoms with Gasteiger partial charge in [0, 0.05) is 17.5 Å². The predicted octanol–water partition coefficient (Wildman–Crippen LogP) is 1.68. The highest BCUT2D eigenvalue weighted by molar-refractivity contribution is 5.01. The molecule has 1 aliphatic heterocycles. The summed E-state index contributed by atoms with van der Waals surface area (Å²) in [6, 6.07) is 0.481. The van der Waals surface area contributed by atoms with Crippen LogP contribution in [0.1, 0.15) is 46.0 Å². The molecule has 2 nitrogen and oxygen atoms in total. The van der Waals surface area contributed by atoms with E-state index >= 15 is 0 Å². The molecule has 0 bridgehead atoms. The second-order valence-electron chi connectivity index (χ2n) is 5.12. The first-order valence-electron chi connectivity index (χ1n) is 5.57. The average molecular weight is 183 g/mol. The maximum atomic E-state index is 10.00. The number of rotatable bonds is 0. The summed E-state index contributed by atoms with van der Waals surface area (Å²) < 4.78 is 0. The summed E-state index contributed by atoms with van der Waals surface area (Å²) in [7, 11) is 0. The first kappa shape index (κ1) is 9.47. The smallest absolute Gasteiger partial charge is 0.0600 e. The highest BCUT2D eigenvalue weighted by atomic mass is 16.3. The van der Waals surface area contributed by atoms with Crippen LogP contribution in [0.25, 0.3) is 0 Å². The van der Waals surface area contributed by atoms with Crippen LogP contribution in [0.15, 0.2) is 0 Å². The van der Waals surface area contributed by atoms with Gasteiger partial charge in [-0.2, -0.15) is 0 Å². The van der Waals surface area contributed by atoms with Crippen molar-refractivity contribution in [1.29, 1.82) is 0 Å². The lowest BCUT2D eigenvalue weighted by atomic mass is 9.67. The van der Waals surface area contributed by atoms with Crippen LogP contribution in [-0.4, -0.2) is 22.8 Å². The van der Waals surface area contributed by atoms with Crippen LogP contribution in [-0.2, 0) is 0 Å².